The monoisotopic (exact) mass is 559 g/mol. The number of rotatable bonds is 16. The molecule has 1 aliphatic carbocycles. The first-order valence-electron chi connectivity index (χ1n) is 14.7. The fourth-order valence-electron chi connectivity index (χ4n) is 5.70. The molecular formula is C33H46LiNO4S. The van der Waals surface area contributed by atoms with E-state index in [2.05, 4.69) is 12.2 Å². The van der Waals surface area contributed by atoms with Gasteiger partial charge in [0.2, 0.25) is 0 Å². The van der Waals surface area contributed by atoms with Crippen LogP contribution in [0.4, 0.5) is 0 Å². The van der Waals surface area contributed by atoms with Crippen molar-refractivity contribution < 1.29 is 38.3 Å². The predicted molar refractivity (Wildman–Crippen MR) is 160 cm³/mol. The van der Waals surface area contributed by atoms with E-state index in [0.29, 0.717) is 30.3 Å². The van der Waals surface area contributed by atoms with Gasteiger partial charge in [-0.3, -0.25) is 4.79 Å². The van der Waals surface area contributed by atoms with E-state index in [1.807, 2.05) is 49.6 Å². The van der Waals surface area contributed by atoms with E-state index in [4.69, 9.17) is 4.74 Å². The second-order valence-electron chi connectivity index (χ2n) is 11.1. The van der Waals surface area contributed by atoms with Crippen molar-refractivity contribution in [2.24, 2.45) is 11.8 Å². The molecule has 0 aliphatic heterocycles. The zero-order chi connectivity index (χ0) is 28.0. The van der Waals surface area contributed by atoms with E-state index in [-0.39, 0.29) is 18.9 Å². The molecule has 0 aromatic heterocycles. The minimum Gasteiger partial charge on any atom is -0.548 e. The standard InChI is InChI=1S/C33H47NO4S.Li/c1-4-5-12-26(20-25-13-7-6-8-14-25)22-38-23-27-16-17-29(30(21-27)28-15-10-9-11-24(28)2)32(35)34-31(33(36)37)18-19-39-3;/h9-11,15-17,21,25-26,31H,4-8,12-14,18-20,22-23H2,1-3H3,(H,34,35)(H,36,37);/q;+1/p-1/t26?,31-;/m0./s1. The first-order valence-corrected chi connectivity index (χ1v) is 16.1. The van der Waals surface area contributed by atoms with Crippen LogP contribution in [0.15, 0.2) is 42.5 Å². The average molecular weight is 560 g/mol. The van der Waals surface area contributed by atoms with Gasteiger partial charge in [-0.2, -0.15) is 11.8 Å². The Morgan fingerprint density at radius 2 is 1.82 bits per heavy atom. The Kier molecular flexibility index (Phi) is 16.1. The Labute approximate surface area is 257 Å². The summed E-state index contributed by atoms with van der Waals surface area (Å²) in [5, 5.41) is 14.3. The van der Waals surface area contributed by atoms with Crippen molar-refractivity contribution in [2.75, 3.05) is 18.6 Å². The number of amides is 1. The summed E-state index contributed by atoms with van der Waals surface area (Å²) in [6.45, 7) is 5.53. The Bertz CT molecular complexity index is 1060. The molecule has 7 heteroatoms. The van der Waals surface area contributed by atoms with E-state index in [0.717, 1.165) is 34.8 Å². The summed E-state index contributed by atoms with van der Waals surface area (Å²) in [6.07, 6.45) is 14.0. The number of carbonyl (C=O) groups excluding carboxylic acids is 2. The van der Waals surface area contributed by atoms with Gasteiger partial charge >= 0.3 is 18.9 Å². The van der Waals surface area contributed by atoms with Crippen LogP contribution in [-0.2, 0) is 16.1 Å². The number of aliphatic carboxylic acids is 1. The first-order chi connectivity index (χ1) is 18.9. The SMILES string of the molecule is CCCCC(COCc1ccc(C(=O)N[C@@H](CCSC)C(=O)[O-])c(-c2ccccc2C)c1)CC1CCCCC1.[Li+]. The molecule has 0 heterocycles. The van der Waals surface area contributed by atoms with E-state index < -0.39 is 17.9 Å². The second-order valence-corrected chi connectivity index (χ2v) is 12.1. The number of carboxylic acid groups (broad SMARTS) is 1. The number of unbranched alkanes of at least 4 members (excludes halogenated alkanes) is 1. The van der Waals surface area contributed by atoms with Crippen LogP contribution in [0.3, 0.4) is 0 Å². The van der Waals surface area contributed by atoms with Gasteiger partial charge in [-0.25, -0.2) is 0 Å². The van der Waals surface area contributed by atoms with Gasteiger partial charge in [0.1, 0.15) is 0 Å². The number of aryl methyl sites for hydroxylation is 1. The molecule has 1 fully saturated rings. The third-order valence-corrected chi connectivity index (χ3v) is 8.59. The maximum Gasteiger partial charge on any atom is 1.00 e. The van der Waals surface area contributed by atoms with Gasteiger partial charge in [0.05, 0.1) is 18.6 Å². The number of carbonyl (C=O) groups is 2. The molecule has 0 radical (unpaired) electrons. The number of hydrogen-bond acceptors (Lipinski definition) is 5. The quantitative estimate of drug-likeness (QED) is 0.318. The van der Waals surface area contributed by atoms with Crippen molar-refractivity contribution in [3.63, 3.8) is 0 Å². The van der Waals surface area contributed by atoms with Crippen molar-refractivity contribution >= 4 is 23.6 Å². The summed E-state index contributed by atoms with van der Waals surface area (Å²) >= 11 is 1.54. The minimum absolute atomic E-state index is 0. The van der Waals surface area contributed by atoms with Gasteiger partial charge in [0.25, 0.3) is 5.91 Å². The second kappa shape index (κ2) is 18.7. The Hall–Kier alpha value is -1.71. The molecule has 1 N–H and O–H groups in total. The molecule has 1 saturated carbocycles. The Balaban J connectivity index is 0.00000560. The van der Waals surface area contributed by atoms with Crippen LogP contribution < -0.4 is 29.3 Å². The summed E-state index contributed by atoms with van der Waals surface area (Å²) in [5.74, 6) is 0.404. The smallest absolute Gasteiger partial charge is 0.548 e. The molecule has 2 aromatic rings. The van der Waals surface area contributed by atoms with Crippen LogP contribution in [-0.4, -0.2) is 36.5 Å². The van der Waals surface area contributed by atoms with Gasteiger partial charge < -0.3 is 20.0 Å². The Morgan fingerprint density at radius 3 is 2.50 bits per heavy atom. The van der Waals surface area contributed by atoms with Crippen molar-refractivity contribution in [1.29, 1.82) is 0 Å². The van der Waals surface area contributed by atoms with Crippen molar-refractivity contribution in [1.82, 2.24) is 5.32 Å². The van der Waals surface area contributed by atoms with Crippen LogP contribution in [0.5, 0.6) is 0 Å². The summed E-state index contributed by atoms with van der Waals surface area (Å²) in [5.41, 5.74) is 4.27. The molecule has 1 unspecified atom stereocenters. The van der Waals surface area contributed by atoms with Crippen LogP contribution in [0.2, 0.25) is 0 Å². The summed E-state index contributed by atoms with van der Waals surface area (Å²) in [7, 11) is 0. The number of ether oxygens (including phenoxy) is 1. The zero-order valence-electron chi connectivity index (χ0n) is 25.0. The van der Waals surface area contributed by atoms with Crippen molar-refractivity contribution in [3.05, 3.63) is 59.2 Å². The summed E-state index contributed by atoms with van der Waals surface area (Å²) in [4.78, 5) is 24.9. The van der Waals surface area contributed by atoms with Crippen LogP contribution in [0, 0.1) is 18.8 Å². The largest absolute Gasteiger partial charge is 1.00 e. The maximum atomic E-state index is 13.3. The average Bonchev–Trinajstić information content (AvgIpc) is 2.94. The zero-order valence-corrected chi connectivity index (χ0v) is 25.8. The van der Waals surface area contributed by atoms with Crippen molar-refractivity contribution in [2.45, 2.75) is 90.7 Å². The molecule has 2 atom stereocenters. The van der Waals surface area contributed by atoms with Crippen molar-refractivity contribution in [3.8, 4) is 11.1 Å². The molecule has 0 saturated heterocycles. The fourth-order valence-corrected chi connectivity index (χ4v) is 6.17. The van der Waals surface area contributed by atoms with Gasteiger partial charge in [-0.05, 0) is 84.4 Å². The van der Waals surface area contributed by atoms with Gasteiger partial charge in [-0.15, -0.1) is 0 Å². The van der Waals surface area contributed by atoms with Crippen LogP contribution >= 0.6 is 11.8 Å². The van der Waals surface area contributed by atoms with Crippen LogP contribution in [0.1, 0.15) is 92.6 Å². The summed E-state index contributed by atoms with van der Waals surface area (Å²) < 4.78 is 6.29. The normalized spacial score (nSPS) is 15.2. The number of hydrogen-bond donors (Lipinski definition) is 1. The predicted octanol–water partition coefficient (Wildman–Crippen LogP) is 3.56. The number of nitrogens with one attached hydrogen (secondary N) is 1. The molecule has 0 bridgehead atoms. The van der Waals surface area contributed by atoms with E-state index in [1.165, 1.54) is 57.8 Å². The third kappa shape index (κ3) is 10.9. The molecular weight excluding hydrogens is 513 g/mol. The molecule has 1 amide bonds. The third-order valence-electron chi connectivity index (χ3n) is 7.94. The van der Waals surface area contributed by atoms with Gasteiger partial charge in [-0.1, -0.05) is 82.2 Å². The number of thioether (sulfide) groups is 1. The number of carboxylic acids is 1. The summed E-state index contributed by atoms with van der Waals surface area (Å²) in [6, 6.07) is 12.7. The molecule has 0 spiro atoms. The number of benzene rings is 2. The molecule has 2 aromatic carbocycles. The molecule has 214 valence electrons. The molecule has 3 rings (SSSR count). The van der Waals surface area contributed by atoms with E-state index in [9.17, 15) is 14.7 Å². The van der Waals surface area contributed by atoms with Crippen LogP contribution in [0.25, 0.3) is 11.1 Å². The molecule has 40 heavy (non-hydrogen) atoms. The van der Waals surface area contributed by atoms with Gasteiger partial charge in [0.15, 0.2) is 0 Å². The van der Waals surface area contributed by atoms with E-state index in [1.54, 1.807) is 17.8 Å². The maximum absolute atomic E-state index is 13.3. The topological polar surface area (TPSA) is 78.5 Å². The Morgan fingerprint density at radius 1 is 1.07 bits per heavy atom. The molecule has 5 nitrogen and oxygen atoms in total. The molecule has 1 aliphatic rings. The minimum atomic E-state index is -1.26. The first kappa shape index (κ1) is 34.5. The fraction of sp³-hybridized carbons (Fsp3) is 0.576. The van der Waals surface area contributed by atoms with E-state index >= 15 is 0 Å². The van der Waals surface area contributed by atoms with Gasteiger partial charge in [0, 0.05) is 12.2 Å².